The van der Waals surface area contributed by atoms with E-state index in [4.69, 9.17) is 4.42 Å². The van der Waals surface area contributed by atoms with Crippen molar-refractivity contribution < 1.29 is 4.42 Å². The standard InChI is InChI=1S/C21H17BrN2O3/c1-2-3-12-24-19(13-8-10-14(22)11-9-13)23-20-17(21(24)26)18(25)15-6-4-5-7-16(15)27-20/h4-11H,2-3,12H2,1H3. The van der Waals surface area contributed by atoms with Gasteiger partial charge in [0.15, 0.2) is 5.39 Å². The fourth-order valence-corrected chi connectivity index (χ4v) is 3.39. The van der Waals surface area contributed by atoms with E-state index in [1.807, 2.05) is 24.3 Å². The van der Waals surface area contributed by atoms with Crippen LogP contribution < -0.4 is 11.0 Å². The highest BCUT2D eigenvalue weighted by Gasteiger charge is 2.18. The molecule has 6 heteroatoms. The minimum absolute atomic E-state index is 0.00525. The van der Waals surface area contributed by atoms with Crippen LogP contribution in [0.5, 0.6) is 0 Å². The summed E-state index contributed by atoms with van der Waals surface area (Å²) in [6, 6.07) is 14.5. The van der Waals surface area contributed by atoms with Crippen LogP contribution in [0.2, 0.25) is 0 Å². The second-order valence-electron chi connectivity index (χ2n) is 6.36. The lowest BCUT2D eigenvalue weighted by molar-refractivity contribution is 0.599. The van der Waals surface area contributed by atoms with E-state index in [1.165, 1.54) is 0 Å². The fraction of sp³-hybridized carbons (Fsp3) is 0.190. The topological polar surface area (TPSA) is 65.1 Å². The average Bonchev–Trinajstić information content (AvgIpc) is 2.68. The molecular formula is C21H17BrN2O3. The van der Waals surface area contributed by atoms with Crippen molar-refractivity contribution in [3.8, 4) is 11.4 Å². The van der Waals surface area contributed by atoms with Gasteiger partial charge in [0.1, 0.15) is 11.4 Å². The largest absolute Gasteiger partial charge is 0.437 e. The summed E-state index contributed by atoms with van der Waals surface area (Å²) in [6.07, 6.45) is 1.74. The number of benzene rings is 2. The van der Waals surface area contributed by atoms with Crippen LogP contribution >= 0.6 is 15.9 Å². The third-order valence-corrected chi connectivity index (χ3v) is 5.07. The molecule has 0 saturated carbocycles. The van der Waals surface area contributed by atoms with Crippen molar-refractivity contribution in [1.29, 1.82) is 0 Å². The monoisotopic (exact) mass is 424 g/mol. The van der Waals surface area contributed by atoms with E-state index in [2.05, 4.69) is 27.8 Å². The van der Waals surface area contributed by atoms with Gasteiger partial charge in [0, 0.05) is 16.6 Å². The fourth-order valence-electron chi connectivity index (χ4n) is 3.13. The smallest absolute Gasteiger partial charge is 0.269 e. The molecule has 0 radical (unpaired) electrons. The van der Waals surface area contributed by atoms with E-state index in [0.29, 0.717) is 23.3 Å². The molecule has 2 aromatic carbocycles. The normalized spacial score (nSPS) is 11.3. The molecule has 2 aromatic heterocycles. The highest BCUT2D eigenvalue weighted by molar-refractivity contribution is 9.10. The Morgan fingerprint density at radius 1 is 1.07 bits per heavy atom. The first-order valence-corrected chi connectivity index (χ1v) is 9.61. The quantitative estimate of drug-likeness (QED) is 0.444. The van der Waals surface area contributed by atoms with Crippen molar-refractivity contribution in [2.75, 3.05) is 0 Å². The summed E-state index contributed by atoms with van der Waals surface area (Å²) in [5.74, 6) is 0.506. The van der Waals surface area contributed by atoms with Gasteiger partial charge in [-0.3, -0.25) is 14.2 Å². The van der Waals surface area contributed by atoms with Crippen molar-refractivity contribution in [3.05, 3.63) is 73.6 Å². The Morgan fingerprint density at radius 3 is 2.56 bits per heavy atom. The molecule has 27 heavy (non-hydrogen) atoms. The molecular weight excluding hydrogens is 408 g/mol. The number of halogens is 1. The van der Waals surface area contributed by atoms with Gasteiger partial charge in [-0.1, -0.05) is 53.5 Å². The molecule has 0 aliphatic carbocycles. The van der Waals surface area contributed by atoms with Gasteiger partial charge in [-0.25, -0.2) is 0 Å². The molecule has 0 N–H and O–H groups in total. The van der Waals surface area contributed by atoms with Crippen molar-refractivity contribution in [2.24, 2.45) is 0 Å². The minimum Gasteiger partial charge on any atom is -0.437 e. The summed E-state index contributed by atoms with van der Waals surface area (Å²) < 4.78 is 8.34. The molecule has 0 amide bonds. The van der Waals surface area contributed by atoms with Crippen LogP contribution in [0.1, 0.15) is 19.8 Å². The van der Waals surface area contributed by atoms with E-state index in [0.717, 1.165) is 22.9 Å². The highest BCUT2D eigenvalue weighted by Crippen LogP contribution is 2.22. The molecule has 0 saturated heterocycles. The maximum Gasteiger partial charge on any atom is 0.269 e. The third-order valence-electron chi connectivity index (χ3n) is 4.54. The van der Waals surface area contributed by atoms with Crippen LogP contribution in [0.15, 0.2) is 67.0 Å². The van der Waals surface area contributed by atoms with Gasteiger partial charge in [0.2, 0.25) is 11.1 Å². The zero-order valence-electron chi connectivity index (χ0n) is 14.7. The lowest BCUT2D eigenvalue weighted by atomic mass is 10.1. The van der Waals surface area contributed by atoms with Crippen LogP contribution in [0.4, 0.5) is 0 Å². The Hall–Kier alpha value is -2.73. The molecule has 5 nitrogen and oxygen atoms in total. The molecule has 0 fully saturated rings. The van der Waals surface area contributed by atoms with Gasteiger partial charge in [-0.2, -0.15) is 4.98 Å². The van der Waals surface area contributed by atoms with Crippen molar-refractivity contribution in [1.82, 2.24) is 9.55 Å². The lowest BCUT2D eigenvalue weighted by Crippen LogP contribution is -2.27. The van der Waals surface area contributed by atoms with E-state index in [1.54, 1.807) is 28.8 Å². The first-order valence-electron chi connectivity index (χ1n) is 8.82. The molecule has 2 heterocycles. The number of aromatic nitrogens is 2. The van der Waals surface area contributed by atoms with Gasteiger partial charge < -0.3 is 4.42 Å². The Bertz CT molecular complexity index is 1260. The maximum absolute atomic E-state index is 13.2. The molecule has 4 rings (SSSR count). The molecule has 0 spiro atoms. The van der Waals surface area contributed by atoms with E-state index in [9.17, 15) is 9.59 Å². The number of hydrogen-bond donors (Lipinski definition) is 0. The number of hydrogen-bond acceptors (Lipinski definition) is 4. The van der Waals surface area contributed by atoms with Crippen molar-refractivity contribution in [2.45, 2.75) is 26.3 Å². The van der Waals surface area contributed by atoms with Crippen molar-refractivity contribution in [3.63, 3.8) is 0 Å². The number of unbranched alkanes of at least 4 members (excludes halogenated alkanes) is 1. The molecule has 136 valence electrons. The van der Waals surface area contributed by atoms with Gasteiger partial charge in [0.05, 0.1) is 5.39 Å². The maximum atomic E-state index is 13.2. The van der Waals surface area contributed by atoms with E-state index >= 15 is 0 Å². The van der Waals surface area contributed by atoms with Gasteiger partial charge in [-0.15, -0.1) is 0 Å². The zero-order chi connectivity index (χ0) is 19.0. The number of para-hydroxylation sites is 1. The second-order valence-corrected chi connectivity index (χ2v) is 7.28. The average molecular weight is 425 g/mol. The second kappa shape index (κ2) is 7.12. The Labute approximate surface area is 163 Å². The first-order chi connectivity index (χ1) is 13.1. The van der Waals surface area contributed by atoms with Crippen molar-refractivity contribution >= 4 is 38.0 Å². The van der Waals surface area contributed by atoms with Gasteiger partial charge in [-0.05, 0) is 30.7 Å². The number of nitrogens with zero attached hydrogens (tertiary/aromatic N) is 2. The van der Waals surface area contributed by atoms with Crippen LogP contribution in [0.3, 0.4) is 0 Å². The predicted molar refractivity (Wildman–Crippen MR) is 110 cm³/mol. The molecule has 0 aliphatic heterocycles. The molecule has 0 unspecified atom stereocenters. The highest BCUT2D eigenvalue weighted by atomic mass is 79.9. The van der Waals surface area contributed by atoms with Crippen LogP contribution in [0, 0.1) is 0 Å². The summed E-state index contributed by atoms with van der Waals surface area (Å²) in [5.41, 5.74) is 0.608. The molecule has 0 atom stereocenters. The molecule has 4 aromatic rings. The van der Waals surface area contributed by atoms with Crippen LogP contribution in [-0.4, -0.2) is 9.55 Å². The van der Waals surface area contributed by atoms with Crippen LogP contribution in [0.25, 0.3) is 33.5 Å². The number of fused-ring (bicyclic) bond motifs is 2. The summed E-state index contributed by atoms with van der Waals surface area (Å²) in [4.78, 5) is 30.7. The SMILES string of the molecule is CCCCn1c(-c2ccc(Br)cc2)nc2oc3ccccc3c(=O)c2c1=O. The zero-order valence-corrected chi connectivity index (χ0v) is 16.3. The van der Waals surface area contributed by atoms with Gasteiger partial charge >= 0.3 is 0 Å². The predicted octanol–water partition coefficient (Wildman–Crippen LogP) is 4.73. The van der Waals surface area contributed by atoms with Crippen LogP contribution in [-0.2, 0) is 6.54 Å². The summed E-state index contributed by atoms with van der Waals surface area (Å²) in [5, 5.41) is 0.396. The summed E-state index contributed by atoms with van der Waals surface area (Å²) >= 11 is 3.42. The van der Waals surface area contributed by atoms with E-state index < -0.39 is 0 Å². The molecule has 0 aliphatic rings. The first kappa shape index (κ1) is 17.7. The Morgan fingerprint density at radius 2 is 1.81 bits per heavy atom. The minimum atomic E-state index is -0.356. The van der Waals surface area contributed by atoms with E-state index in [-0.39, 0.29) is 22.1 Å². The lowest BCUT2D eigenvalue weighted by Gasteiger charge is -2.13. The Kier molecular flexibility index (Phi) is 4.66. The third kappa shape index (κ3) is 3.10. The molecule has 0 bridgehead atoms. The summed E-state index contributed by atoms with van der Waals surface area (Å²) in [6.45, 7) is 2.55. The summed E-state index contributed by atoms with van der Waals surface area (Å²) in [7, 11) is 0. The Balaban J connectivity index is 2.10. The van der Waals surface area contributed by atoms with Gasteiger partial charge in [0.25, 0.3) is 5.56 Å². The number of rotatable bonds is 4.